The van der Waals surface area contributed by atoms with E-state index in [2.05, 4.69) is 20.7 Å². The number of aryl methyl sites for hydroxylation is 1. The molecule has 0 aliphatic rings. The molecule has 0 bridgehead atoms. The first-order valence-electron chi connectivity index (χ1n) is 4.26. The number of sulfonamides is 1. The van der Waals surface area contributed by atoms with Gasteiger partial charge in [-0.2, -0.15) is 0 Å². The second-order valence-electron chi connectivity index (χ2n) is 3.23. The average Bonchev–Trinajstić information content (AvgIpc) is 2.47. The second-order valence-corrected chi connectivity index (χ2v) is 7.54. The quantitative estimate of drug-likeness (QED) is 0.884. The van der Waals surface area contributed by atoms with E-state index in [9.17, 15) is 8.42 Å². The van der Waals surface area contributed by atoms with E-state index in [0.29, 0.717) is 0 Å². The van der Waals surface area contributed by atoms with Crippen LogP contribution in [0.1, 0.15) is 12.5 Å². The summed E-state index contributed by atoms with van der Waals surface area (Å²) in [4.78, 5) is 0. The Hall–Kier alpha value is 0.0500. The van der Waals surface area contributed by atoms with Crippen molar-refractivity contribution in [3.05, 3.63) is 15.4 Å². The van der Waals surface area contributed by atoms with Crippen LogP contribution in [0.25, 0.3) is 0 Å². The van der Waals surface area contributed by atoms with Crippen molar-refractivity contribution in [1.29, 1.82) is 0 Å². The number of halogens is 1. The van der Waals surface area contributed by atoms with Crippen molar-refractivity contribution in [3.8, 4) is 0 Å². The van der Waals surface area contributed by atoms with E-state index in [4.69, 9.17) is 5.11 Å². The fourth-order valence-corrected chi connectivity index (χ4v) is 4.40. The molecule has 0 spiro atoms. The molecule has 1 aromatic rings. The molecule has 86 valence electrons. The zero-order valence-corrected chi connectivity index (χ0v) is 11.5. The van der Waals surface area contributed by atoms with Crippen molar-refractivity contribution in [2.45, 2.75) is 24.1 Å². The van der Waals surface area contributed by atoms with Crippen LogP contribution in [-0.2, 0) is 10.0 Å². The summed E-state index contributed by atoms with van der Waals surface area (Å²) < 4.78 is 26.9. The lowest BCUT2D eigenvalue weighted by Crippen LogP contribution is -2.34. The molecule has 0 saturated heterocycles. The summed E-state index contributed by atoms with van der Waals surface area (Å²) in [5.41, 5.74) is 0.886. The van der Waals surface area contributed by atoms with E-state index in [0.717, 1.165) is 20.7 Å². The number of nitrogens with one attached hydrogen (secondary N) is 1. The van der Waals surface area contributed by atoms with E-state index in [1.54, 1.807) is 13.0 Å². The molecule has 0 saturated carbocycles. The van der Waals surface area contributed by atoms with E-state index >= 15 is 0 Å². The first kappa shape index (κ1) is 13.1. The Bertz CT molecular complexity index is 421. The molecule has 0 aliphatic heterocycles. The average molecular weight is 314 g/mol. The summed E-state index contributed by atoms with van der Waals surface area (Å²) in [5.74, 6) is 0. The van der Waals surface area contributed by atoms with Gasteiger partial charge in [-0.15, -0.1) is 11.3 Å². The lowest BCUT2D eigenvalue weighted by atomic mass is 10.4. The molecule has 0 unspecified atom stereocenters. The first-order chi connectivity index (χ1) is 6.86. The largest absolute Gasteiger partial charge is 0.395 e. The smallest absolute Gasteiger partial charge is 0.250 e. The van der Waals surface area contributed by atoms with Crippen molar-refractivity contribution < 1.29 is 13.5 Å². The number of rotatable bonds is 4. The van der Waals surface area contributed by atoms with Crippen molar-refractivity contribution in [3.63, 3.8) is 0 Å². The Kier molecular flexibility index (Phi) is 4.30. The maximum atomic E-state index is 11.7. The van der Waals surface area contributed by atoms with E-state index in [-0.39, 0.29) is 10.8 Å². The van der Waals surface area contributed by atoms with Gasteiger partial charge in [0.05, 0.1) is 10.4 Å². The molecule has 1 heterocycles. The zero-order chi connectivity index (χ0) is 11.6. The molecular formula is C8H12BrNO3S2. The van der Waals surface area contributed by atoms with Gasteiger partial charge in [0.1, 0.15) is 4.21 Å². The molecule has 0 radical (unpaired) electrons. The fourth-order valence-electron chi connectivity index (χ4n) is 0.924. The lowest BCUT2D eigenvalue weighted by Gasteiger charge is -2.09. The van der Waals surface area contributed by atoms with E-state index in [1.807, 2.05) is 6.92 Å². The predicted octanol–water partition coefficient (Wildman–Crippen LogP) is 1.48. The van der Waals surface area contributed by atoms with Gasteiger partial charge in [-0.05, 0) is 41.4 Å². The first-order valence-corrected chi connectivity index (χ1v) is 7.35. The van der Waals surface area contributed by atoms with Crippen molar-refractivity contribution >= 4 is 37.3 Å². The Morgan fingerprint density at radius 3 is 2.67 bits per heavy atom. The van der Waals surface area contributed by atoms with Crippen LogP contribution in [0.2, 0.25) is 0 Å². The summed E-state index contributed by atoms with van der Waals surface area (Å²) >= 11 is 4.43. The third kappa shape index (κ3) is 3.25. The Balaban J connectivity index is 2.96. The van der Waals surface area contributed by atoms with Gasteiger partial charge in [0.25, 0.3) is 0 Å². The third-order valence-electron chi connectivity index (χ3n) is 1.73. The van der Waals surface area contributed by atoms with E-state index in [1.165, 1.54) is 0 Å². The van der Waals surface area contributed by atoms with Gasteiger partial charge in [0.15, 0.2) is 0 Å². The van der Waals surface area contributed by atoms with Gasteiger partial charge in [-0.3, -0.25) is 0 Å². The molecule has 4 nitrogen and oxygen atoms in total. The predicted molar refractivity (Wildman–Crippen MR) is 63.6 cm³/mol. The van der Waals surface area contributed by atoms with Gasteiger partial charge in [-0.1, -0.05) is 0 Å². The molecule has 15 heavy (non-hydrogen) atoms. The van der Waals surface area contributed by atoms with Gasteiger partial charge in [0.2, 0.25) is 10.0 Å². The molecule has 7 heteroatoms. The molecular weight excluding hydrogens is 302 g/mol. The minimum Gasteiger partial charge on any atom is -0.395 e. The van der Waals surface area contributed by atoms with Gasteiger partial charge >= 0.3 is 0 Å². The fraction of sp³-hybridized carbons (Fsp3) is 0.500. The van der Waals surface area contributed by atoms with Crippen LogP contribution in [0.4, 0.5) is 0 Å². The summed E-state index contributed by atoms with van der Waals surface area (Å²) in [6.07, 6.45) is 0. The van der Waals surface area contributed by atoms with Crippen molar-refractivity contribution in [2.24, 2.45) is 0 Å². The third-order valence-corrected chi connectivity index (χ3v) is 5.93. The van der Waals surface area contributed by atoms with Crippen LogP contribution in [0.15, 0.2) is 14.1 Å². The van der Waals surface area contributed by atoms with Gasteiger partial charge in [-0.25, -0.2) is 13.1 Å². The Morgan fingerprint density at radius 1 is 1.67 bits per heavy atom. The van der Waals surface area contributed by atoms with Crippen LogP contribution in [0, 0.1) is 6.92 Å². The zero-order valence-electron chi connectivity index (χ0n) is 8.32. The minimum atomic E-state index is -3.49. The van der Waals surface area contributed by atoms with Crippen LogP contribution >= 0.6 is 27.3 Å². The maximum Gasteiger partial charge on any atom is 0.250 e. The molecule has 0 aromatic carbocycles. The summed E-state index contributed by atoms with van der Waals surface area (Å²) in [5, 5.41) is 8.77. The minimum absolute atomic E-state index is 0.218. The van der Waals surface area contributed by atoms with Crippen LogP contribution in [0.5, 0.6) is 0 Å². The molecule has 1 rings (SSSR count). The van der Waals surface area contributed by atoms with Gasteiger partial charge in [0, 0.05) is 6.04 Å². The van der Waals surface area contributed by atoms with Crippen molar-refractivity contribution in [2.75, 3.05) is 6.61 Å². The maximum absolute atomic E-state index is 11.7. The van der Waals surface area contributed by atoms with Crippen LogP contribution < -0.4 is 4.72 Å². The highest BCUT2D eigenvalue weighted by Crippen LogP contribution is 2.30. The lowest BCUT2D eigenvalue weighted by molar-refractivity contribution is 0.265. The number of aliphatic hydroxyl groups is 1. The molecule has 0 amide bonds. The standard InChI is InChI=1S/C8H12BrNO3S2/c1-5-3-7(14-8(5)9)15(12,13)10-6(2)4-11/h3,6,10-11H,4H2,1-2H3/t6-/m0/s1. The SMILES string of the molecule is Cc1cc(S(=O)(=O)N[C@@H](C)CO)sc1Br. The van der Waals surface area contributed by atoms with Crippen LogP contribution in [-0.4, -0.2) is 26.2 Å². The summed E-state index contributed by atoms with van der Waals surface area (Å²) in [6.45, 7) is 3.22. The normalized spacial score (nSPS) is 14.1. The topological polar surface area (TPSA) is 66.4 Å². The molecule has 2 N–H and O–H groups in total. The second kappa shape index (κ2) is 4.92. The molecule has 1 atom stereocenters. The molecule has 1 aromatic heterocycles. The number of hydrogen-bond acceptors (Lipinski definition) is 4. The van der Waals surface area contributed by atoms with E-state index < -0.39 is 16.1 Å². The highest BCUT2D eigenvalue weighted by molar-refractivity contribution is 9.11. The Morgan fingerprint density at radius 2 is 2.27 bits per heavy atom. The Labute approximate surface area is 102 Å². The molecule has 0 aliphatic carbocycles. The molecule has 0 fully saturated rings. The van der Waals surface area contributed by atoms with Crippen molar-refractivity contribution in [1.82, 2.24) is 4.72 Å². The highest BCUT2D eigenvalue weighted by atomic mass is 79.9. The summed E-state index contributed by atoms with van der Waals surface area (Å²) in [7, 11) is -3.49. The number of aliphatic hydroxyl groups excluding tert-OH is 1. The van der Waals surface area contributed by atoms with Gasteiger partial charge < -0.3 is 5.11 Å². The highest BCUT2D eigenvalue weighted by Gasteiger charge is 2.20. The monoisotopic (exact) mass is 313 g/mol. The summed E-state index contributed by atoms with van der Waals surface area (Å²) in [6, 6.07) is 1.12. The number of thiophene rings is 1. The van der Waals surface area contributed by atoms with Crippen LogP contribution in [0.3, 0.4) is 0 Å². The number of hydrogen-bond donors (Lipinski definition) is 2.